The van der Waals surface area contributed by atoms with E-state index in [1.54, 1.807) is 0 Å². The molecule has 0 spiro atoms. The van der Waals surface area contributed by atoms with Crippen LogP contribution in [0.3, 0.4) is 0 Å². The van der Waals surface area contributed by atoms with Crippen LogP contribution in [0.15, 0.2) is 35.3 Å². The van der Waals surface area contributed by atoms with E-state index in [0.29, 0.717) is 5.96 Å². The van der Waals surface area contributed by atoms with Gasteiger partial charge in [-0.15, -0.1) is 24.0 Å². The van der Waals surface area contributed by atoms with Crippen LogP contribution in [0.5, 0.6) is 0 Å². The van der Waals surface area contributed by atoms with Crippen LogP contribution < -0.4 is 16.6 Å². The molecule has 0 saturated carbocycles. The van der Waals surface area contributed by atoms with E-state index in [1.165, 1.54) is 5.56 Å². The highest BCUT2D eigenvalue weighted by atomic mass is 127. The van der Waals surface area contributed by atoms with Crippen LogP contribution in [-0.2, 0) is 0 Å². The van der Waals surface area contributed by atoms with E-state index in [-0.39, 0.29) is 30.0 Å². The molecule has 4 nitrogen and oxygen atoms in total. The fourth-order valence-electron chi connectivity index (χ4n) is 1.40. The molecule has 1 aliphatic heterocycles. The lowest BCUT2D eigenvalue weighted by molar-refractivity contribution is 0.700. The van der Waals surface area contributed by atoms with Crippen molar-refractivity contribution in [1.29, 1.82) is 0 Å². The maximum absolute atomic E-state index is 5.23. The molecule has 1 unspecified atom stereocenters. The molecule has 0 saturated heterocycles. The Hall–Kier alpha value is -0.820. The zero-order valence-electron chi connectivity index (χ0n) is 7.60. The van der Waals surface area contributed by atoms with Crippen LogP contribution >= 0.6 is 24.0 Å². The number of hydrogen-bond donors (Lipinski definition) is 3. The van der Waals surface area contributed by atoms with Gasteiger partial charge in [0.2, 0.25) is 5.96 Å². The minimum Gasteiger partial charge on any atom is -0.347 e. The van der Waals surface area contributed by atoms with Gasteiger partial charge in [-0.2, -0.15) is 0 Å². The zero-order valence-corrected chi connectivity index (χ0v) is 9.93. The lowest BCUT2D eigenvalue weighted by Gasteiger charge is -2.10. The summed E-state index contributed by atoms with van der Waals surface area (Å²) in [6, 6.07) is 10.4. The van der Waals surface area contributed by atoms with E-state index in [1.807, 2.05) is 18.2 Å². The minimum atomic E-state index is 0. The summed E-state index contributed by atoms with van der Waals surface area (Å²) in [6.07, 6.45) is 0. The van der Waals surface area contributed by atoms with Crippen LogP contribution in [-0.4, -0.2) is 12.5 Å². The molecule has 1 aliphatic rings. The van der Waals surface area contributed by atoms with Crippen molar-refractivity contribution in [3.8, 4) is 0 Å². The molecule has 0 fully saturated rings. The molecule has 4 N–H and O–H groups in total. The SMILES string of the molecule is I.NNC1=NCC(c2ccccc2)N1. The van der Waals surface area contributed by atoms with Gasteiger partial charge in [0.05, 0.1) is 12.6 Å². The topological polar surface area (TPSA) is 62.4 Å². The van der Waals surface area contributed by atoms with Crippen molar-refractivity contribution in [2.75, 3.05) is 6.54 Å². The number of halogens is 1. The maximum atomic E-state index is 5.23. The third kappa shape index (κ3) is 2.36. The first-order chi connectivity index (χ1) is 6.40. The Labute approximate surface area is 100.0 Å². The second kappa shape index (κ2) is 5.16. The fourth-order valence-corrected chi connectivity index (χ4v) is 1.40. The number of rotatable bonds is 1. The number of benzene rings is 1. The second-order valence-electron chi connectivity index (χ2n) is 2.94. The van der Waals surface area contributed by atoms with E-state index >= 15 is 0 Å². The molecule has 5 heteroatoms. The molecular weight excluding hydrogens is 291 g/mol. The lowest BCUT2D eigenvalue weighted by Crippen LogP contribution is -2.39. The number of nitrogens with one attached hydrogen (secondary N) is 2. The van der Waals surface area contributed by atoms with Gasteiger partial charge in [-0.3, -0.25) is 5.43 Å². The molecular formula is C9H13IN4. The van der Waals surface area contributed by atoms with Crippen molar-refractivity contribution < 1.29 is 0 Å². The van der Waals surface area contributed by atoms with Crippen LogP contribution in [0.2, 0.25) is 0 Å². The Morgan fingerprint density at radius 3 is 2.64 bits per heavy atom. The average molecular weight is 304 g/mol. The van der Waals surface area contributed by atoms with E-state index in [4.69, 9.17) is 5.84 Å². The predicted octanol–water partition coefficient (Wildman–Crippen LogP) is 0.768. The number of nitrogens with two attached hydrogens (primary N) is 1. The summed E-state index contributed by atoms with van der Waals surface area (Å²) < 4.78 is 0. The van der Waals surface area contributed by atoms with Gasteiger partial charge < -0.3 is 5.32 Å². The first-order valence-corrected chi connectivity index (χ1v) is 4.22. The molecule has 76 valence electrons. The first kappa shape index (κ1) is 11.3. The first-order valence-electron chi connectivity index (χ1n) is 4.22. The number of hydrazine groups is 1. The van der Waals surface area contributed by atoms with Gasteiger partial charge in [0.15, 0.2) is 0 Å². The molecule has 0 aliphatic carbocycles. The van der Waals surface area contributed by atoms with Crippen molar-refractivity contribution in [1.82, 2.24) is 10.7 Å². The fraction of sp³-hybridized carbons (Fsp3) is 0.222. The largest absolute Gasteiger partial charge is 0.347 e. The van der Waals surface area contributed by atoms with E-state index in [0.717, 1.165) is 6.54 Å². The standard InChI is InChI=1S/C9H12N4.HI/c10-13-9-11-6-8(12-9)7-4-2-1-3-5-7;/h1-5,8H,6,10H2,(H2,11,12,13);1H. The smallest absolute Gasteiger partial charge is 0.206 e. The Kier molecular flexibility index (Phi) is 4.15. The maximum Gasteiger partial charge on any atom is 0.206 e. The van der Waals surface area contributed by atoms with Gasteiger partial charge in [0, 0.05) is 0 Å². The predicted molar refractivity (Wildman–Crippen MR) is 67.4 cm³/mol. The quantitative estimate of drug-likeness (QED) is 0.408. The summed E-state index contributed by atoms with van der Waals surface area (Å²) in [5, 5.41) is 3.17. The molecule has 0 bridgehead atoms. The summed E-state index contributed by atoms with van der Waals surface area (Å²) in [5.41, 5.74) is 3.74. The normalized spacial score (nSPS) is 19.2. The van der Waals surface area contributed by atoms with Crippen LogP contribution in [0.1, 0.15) is 11.6 Å². The third-order valence-electron chi connectivity index (χ3n) is 2.08. The van der Waals surface area contributed by atoms with Gasteiger partial charge >= 0.3 is 0 Å². The van der Waals surface area contributed by atoms with E-state index in [9.17, 15) is 0 Å². The Balaban J connectivity index is 0.000000980. The van der Waals surface area contributed by atoms with Gasteiger partial charge in [-0.25, -0.2) is 10.8 Å². The molecule has 14 heavy (non-hydrogen) atoms. The highest BCUT2D eigenvalue weighted by molar-refractivity contribution is 14.0. The lowest BCUT2D eigenvalue weighted by atomic mass is 10.1. The van der Waals surface area contributed by atoms with Crippen molar-refractivity contribution in [3.63, 3.8) is 0 Å². The van der Waals surface area contributed by atoms with E-state index < -0.39 is 0 Å². The summed E-state index contributed by atoms with van der Waals surface area (Å²) in [6.45, 7) is 0.740. The molecule has 2 rings (SSSR count). The molecule has 0 amide bonds. The highest BCUT2D eigenvalue weighted by Crippen LogP contribution is 2.15. The van der Waals surface area contributed by atoms with Gasteiger partial charge in [-0.1, -0.05) is 30.3 Å². The van der Waals surface area contributed by atoms with Crippen molar-refractivity contribution in [3.05, 3.63) is 35.9 Å². The van der Waals surface area contributed by atoms with Gasteiger partial charge in [-0.05, 0) is 5.56 Å². The van der Waals surface area contributed by atoms with Crippen LogP contribution in [0.25, 0.3) is 0 Å². The van der Waals surface area contributed by atoms with Crippen LogP contribution in [0, 0.1) is 0 Å². The summed E-state index contributed by atoms with van der Waals surface area (Å²) in [5.74, 6) is 5.89. The summed E-state index contributed by atoms with van der Waals surface area (Å²) >= 11 is 0. The van der Waals surface area contributed by atoms with E-state index in [2.05, 4.69) is 27.9 Å². The van der Waals surface area contributed by atoms with Crippen molar-refractivity contribution >= 4 is 29.9 Å². The highest BCUT2D eigenvalue weighted by Gasteiger charge is 2.17. The Bertz CT molecular complexity index is 312. The molecule has 1 heterocycles. The van der Waals surface area contributed by atoms with Crippen molar-refractivity contribution in [2.45, 2.75) is 6.04 Å². The zero-order chi connectivity index (χ0) is 9.10. The number of hydrogen-bond acceptors (Lipinski definition) is 4. The molecule has 0 aromatic heterocycles. The third-order valence-corrected chi connectivity index (χ3v) is 2.08. The van der Waals surface area contributed by atoms with Gasteiger partial charge in [0.25, 0.3) is 0 Å². The summed E-state index contributed by atoms with van der Waals surface area (Å²) in [7, 11) is 0. The number of aliphatic imine (C=N–C) groups is 1. The minimum absolute atomic E-state index is 0. The Morgan fingerprint density at radius 2 is 2.07 bits per heavy atom. The number of nitrogens with zero attached hydrogens (tertiary/aromatic N) is 1. The monoisotopic (exact) mass is 304 g/mol. The van der Waals surface area contributed by atoms with Crippen molar-refractivity contribution in [2.24, 2.45) is 10.8 Å². The second-order valence-corrected chi connectivity index (χ2v) is 2.94. The molecule has 1 aromatic carbocycles. The summed E-state index contributed by atoms with van der Waals surface area (Å²) in [4.78, 5) is 4.18. The van der Waals surface area contributed by atoms with Crippen LogP contribution in [0.4, 0.5) is 0 Å². The molecule has 1 atom stereocenters. The Morgan fingerprint density at radius 1 is 1.36 bits per heavy atom. The average Bonchev–Trinajstić information content (AvgIpc) is 2.67. The van der Waals surface area contributed by atoms with Gasteiger partial charge in [0.1, 0.15) is 0 Å². The number of guanidine groups is 1. The molecule has 0 radical (unpaired) electrons. The molecule has 1 aromatic rings.